The molecule has 3 aromatic rings. The molecule has 1 unspecified atom stereocenters. The number of likely N-dealkylation sites (tertiary alicyclic amines) is 1. The molecule has 0 bridgehead atoms. The maximum Gasteiger partial charge on any atom is 0.257 e. The number of hydrogen-bond donors (Lipinski definition) is 3. The molecular formula is C29H34ClN5O5S2. The number of hydrogen-bond acceptors (Lipinski definition) is 8. The first-order valence-corrected chi connectivity index (χ1v) is 16.7. The Balaban J connectivity index is 1.15. The minimum atomic E-state index is -1.42. The van der Waals surface area contributed by atoms with Crippen LogP contribution in [0.4, 0.5) is 5.13 Å². The zero-order chi connectivity index (χ0) is 29.8. The van der Waals surface area contributed by atoms with Gasteiger partial charge in [0.25, 0.3) is 5.91 Å². The highest BCUT2D eigenvalue weighted by Crippen LogP contribution is 2.38. The van der Waals surface area contributed by atoms with E-state index in [9.17, 15) is 18.6 Å². The van der Waals surface area contributed by atoms with Crippen LogP contribution in [0.3, 0.4) is 0 Å². The summed E-state index contributed by atoms with van der Waals surface area (Å²) in [5.74, 6) is -0.344. The Morgan fingerprint density at radius 2 is 1.95 bits per heavy atom. The lowest BCUT2D eigenvalue weighted by molar-refractivity contribution is -0.141. The molecule has 3 atom stereocenters. The zero-order valence-corrected chi connectivity index (χ0v) is 26.1. The van der Waals surface area contributed by atoms with E-state index in [2.05, 4.69) is 15.4 Å². The summed E-state index contributed by atoms with van der Waals surface area (Å²) < 4.78 is 20.7. The van der Waals surface area contributed by atoms with Crippen LogP contribution in [0.25, 0.3) is 22.4 Å². The number of carbonyl (C=O) groups excluding carboxylic acids is 3. The fourth-order valence-corrected chi connectivity index (χ4v) is 7.26. The number of fused-ring (bicyclic) bond motifs is 1. The van der Waals surface area contributed by atoms with Gasteiger partial charge in [0.1, 0.15) is 39.9 Å². The summed E-state index contributed by atoms with van der Waals surface area (Å²) in [4.78, 5) is 46.5. The maximum atomic E-state index is 14.0. The lowest BCUT2D eigenvalue weighted by Gasteiger charge is -2.35. The Morgan fingerprint density at radius 3 is 2.64 bits per heavy atom. The van der Waals surface area contributed by atoms with Crippen molar-refractivity contribution < 1.29 is 23.0 Å². The van der Waals surface area contributed by atoms with Gasteiger partial charge in [-0.2, -0.15) is 0 Å². The van der Waals surface area contributed by atoms with Crippen molar-refractivity contribution in [3.63, 3.8) is 0 Å². The standard InChI is InChI=1S/C29H34ClN5O5S2/c1-28(2,3)23(32-27-31-19(15-41-27)22-14-16-13-17(30)6-9-21(16)40-22)25(37)35-12-4-5-20(35)24(36)33-29(10-11-29)26(38)34-42(39)18-7-8-18/h6,9,13-15,18,20,23H,4-5,7-8,10-12H2,1-3H3,(H,31,32)(H,33,36)(H,34,38)/t20-,23+,42?/m0/s1. The first-order chi connectivity index (χ1) is 19.9. The lowest BCUT2D eigenvalue weighted by atomic mass is 9.85. The fraction of sp³-hybridized carbons (Fsp3) is 0.517. The van der Waals surface area contributed by atoms with E-state index < -0.39 is 39.9 Å². The molecule has 3 heterocycles. The second kappa shape index (κ2) is 10.9. The Kier molecular flexibility index (Phi) is 7.59. The van der Waals surface area contributed by atoms with E-state index in [1.807, 2.05) is 44.4 Å². The predicted molar refractivity (Wildman–Crippen MR) is 163 cm³/mol. The molecule has 1 aliphatic heterocycles. The molecule has 6 rings (SSSR count). The highest BCUT2D eigenvalue weighted by atomic mass is 35.5. The molecular weight excluding hydrogens is 598 g/mol. The highest BCUT2D eigenvalue weighted by Gasteiger charge is 2.54. The Hall–Kier alpha value is -2.96. The molecule has 3 amide bonds. The summed E-state index contributed by atoms with van der Waals surface area (Å²) in [5, 5.41) is 10.2. The van der Waals surface area contributed by atoms with Gasteiger partial charge in [-0.1, -0.05) is 32.4 Å². The molecule has 1 aromatic carbocycles. The molecule has 0 radical (unpaired) electrons. The highest BCUT2D eigenvalue weighted by molar-refractivity contribution is 7.84. The van der Waals surface area contributed by atoms with E-state index >= 15 is 0 Å². The van der Waals surface area contributed by atoms with Gasteiger partial charge in [0.15, 0.2) is 10.9 Å². The van der Waals surface area contributed by atoms with Gasteiger partial charge in [-0.25, -0.2) is 9.19 Å². The van der Waals surface area contributed by atoms with Crippen molar-refractivity contribution in [1.29, 1.82) is 0 Å². The van der Waals surface area contributed by atoms with Crippen LogP contribution in [0.5, 0.6) is 0 Å². The van der Waals surface area contributed by atoms with Gasteiger partial charge in [0, 0.05) is 22.3 Å². The number of furan rings is 1. The summed E-state index contributed by atoms with van der Waals surface area (Å²) in [6, 6.07) is 5.97. The SMILES string of the molecule is CC(C)(C)[C@H](Nc1nc(-c2cc3cc(Cl)ccc3o2)cs1)C(=O)N1CCC[C@H]1C(=O)NC1(C(=O)NS(=O)C2CC2)CC1. The third kappa shape index (κ3) is 5.93. The summed E-state index contributed by atoms with van der Waals surface area (Å²) in [6.45, 7) is 6.35. The van der Waals surface area contributed by atoms with Crippen LogP contribution < -0.4 is 15.4 Å². The largest absolute Gasteiger partial charge is 0.454 e. The zero-order valence-electron chi connectivity index (χ0n) is 23.7. The molecule has 3 aliphatic rings. The van der Waals surface area contributed by atoms with Crippen molar-refractivity contribution >= 4 is 67.7 Å². The molecule has 0 spiro atoms. The minimum absolute atomic E-state index is 0.0111. The van der Waals surface area contributed by atoms with Crippen molar-refractivity contribution in [2.24, 2.45) is 5.41 Å². The summed E-state index contributed by atoms with van der Waals surface area (Å²) in [6.07, 6.45) is 3.85. The first-order valence-electron chi connectivity index (χ1n) is 14.2. The van der Waals surface area contributed by atoms with Gasteiger partial charge in [-0.3, -0.25) is 19.1 Å². The number of amides is 3. The summed E-state index contributed by atoms with van der Waals surface area (Å²) in [7, 11) is -1.42. The van der Waals surface area contributed by atoms with Crippen molar-refractivity contribution in [3.8, 4) is 11.5 Å². The monoisotopic (exact) mass is 631 g/mol. The number of halogens is 1. The van der Waals surface area contributed by atoms with Crippen LogP contribution >= 0.6 is 22.9 Å². The molecule has 1 saturated heterocycles. The fourth-order valence-electron chi connectivity index (χ4n) is 5.24. The number of carbonyl (C=O) groups is 3. The lowest BCUT2D eigenvalue weighted by Crippen LogP contribution is -2.57. The number of nitrogens with zero attached hydrogens (tertiary/aromatic N) is 2. The average molecular weight is 632 g/mol. The Bertz CT molecular complexity index is 1570. The number of thiazole rings is 1. The molecule has 42 heavy (non-hydrogen) atoms. The average Bonchev–Trinajstić information content (AvgIpc) is 3.76. The molecule has 13 heteroatoms. The molecule has 2 aliphatic carbocycles. The quantitative estimate of drug-likeness (QED) is 0.314. The molecule has 224 valence electrons. The van der Waals surface area contributed by atoms with Crippen molar-refractivity contribution in [1.82, 2.24) is 19.9 Å². The number of aromatic nitrogens is 1. The molecule has 3 N–H and O–H groups in total. The number of nitrogens with one attached hydrogen (secondary N) is 3. The molecule has 2 aromatic heterocycles. The molecule has 2 saturated carbocycles. The number of benzene rings is 1. The van der Waals surface area contributed by atoms with Crippen LogP contribution in [-0.2, 0) is 25.4 Å². The van der Waals surface area contributed by atoms with Crippen LogP contribution in [0.2, 0.25) is 5.02 Å². The topological polar surface area (TPSA) is 134 Å². The Morgan fingerprint density at radius 1 is 1.19 bits per heavy atom. The molecule has 3 fully saturated rings. The van der Waals surface area contributed by atoms with Gasteiger partial charge < -0.3 is 20.0 Å². The van der Waals surface area contributed by atoms with Gasteiger partial charge in [-0.05, 0) is 68.2 Å². The normalized spacial score (nSPS) is 21.1. The van der Waals surface area contributed by atoms with Crippen LogP contribution in [-0.4, -0.2) is 61.2 Å². The number of anilines is 1. The first kappa shape index (κ1) is 29.1. The van der Waals surface area contributed by atoms with Crippen LogP contribution in [0.1, 0.15) is 59.3 Å². The van der Waals surface area contributed by atoms with Crippen molar-refractivity contribution in [2.75, 3.05) is 11.9 Å². The van der Waals surface area contributed by atoms with E-state index in [1.54, 1.807) is 11.0 Å². The van der Waals surface area contributed by atoms with Gasteiger partial charge in [0.05, 0.1) is 5.25 Å². The third-order valence-corrected chi connectivity index (χ3v) is 10.5. The van der Waals surface area contributed by atoms with E-state index in [-0.39, 0.29) is 17.1 Å². The molecule has 10 nitrogen and oxygen atoms in total. The van der Waals surface area contributed by atoms with Gasteiger partial charge >= 0.3 is 0 Å². The second-order valence-electron chi connectivity index (χ2n) is 12.5. The summed E-state index contributed by atoms with van der Waals surface area (Å²) >= 11 is 7.49. The van der Waals surface area contributed by atoms with Gasteiger partial charge in [-0.15, -0.1) is 11.3 Å². The Labute approximate surface area is 255 Å². The maximum absolute atomic E-state index is 14.0. The predicted octanol–water partition coefficient (Wildman–Crippen LogP) is 4.62. The van der Waals surface area contributed by atoms with E-state index in [0.29, 0.717) is 59.4 Å². The van der Waals surface area contributed by atoms with E-state index in [1.165, 1.54) is 11.3 Å². The van der Waals surface area contributed by atoms with Gasteiger partial charge in [0.2, 0.25) is 11.8 Å². The van der Waals surface area contributed by atoms with Crippen molar-refractivity contribution in [3.05, 3.63) is 34.7 Å². The summed E-state index contributed by atoms with van der Waals surface area (Å²) in [5.41, 5.74) is -0.184. The third-order valence-electron chi connectivity index (χ3n) is 8.02. The van der Waals surface area contributed by atoms with E-state index in [4.69, 9.17) is 21.0 Å². The smallest absolute Gasteiger partial charge is 0.257 e. The number of rotatable bonds is 9. The minimum Gasteiger partial charge on any atom is -0.454 e. The second-order valence-corrected chi connectivity index (χ2v) is 15.2. The van der Waals surface area contributed by atoms with Crippen molar-refractivity contribution in [2.45, 2.75) is 82.2 Å². The van der Waals surface area contributed by atoms with E-state index in [0.717, 1.165) is 18.2 Å². The van der Waals surface area contributed by atoms with Crippen LogP contribution in [0, 0.1) is 5.41 Å². The van der Waals surface area contributed by atoms with Crippen LogP contribution in [0.15, 0.2) is 34.1 Å².